The molecule has 0 N–H and O–H groups in total. The van der Waals surface area contributed by atoms with Gasteiger partial charge in [0.05, 0.1) is 19.6 Å². The number of rotatable bonds is 6. The predicted molar refractivity (Wildman–Crippen MR) is 98.9 cm³/mol. The van der Waals surface area contributed by atoms with Gasteiger partial charge in [0, 0.05) is 34.3 Å². The van der Waals surface area contributed by atoms with Crippen LogP contribution in [-0.4, -0.2) is 35.8 Å². The van der Waals surface area contributed by atoms with E-state index < -0.39 is 51.2 Å². The highest BCUT2D eigenvalue weighted by atomic mass is 79.9. The third kappa shape index (κ3) is 5.21. The number of hydrogen-bond donors (Lipinski definition) is 0. The highest BCUT2D eigenvalue weighted by molar-refractivity contribution is 9.15. The highest BCUT2D eigenvalue weighted by Gasteiger charge is 2.19. The van der Waals surface area contributed by atoms with Gasteiger partial charge in [-0.15, -0.1) is 0 Å². The fourth-order valence-corrected chi connectivity index (χ4v) is 4.33. The minimum absolute atomic E-state index is 0.222. The molecule has 2 rings (SSSR count). The van der Waals surface area contributed by atoms with E-state index in [1.807, 2.05) is 0 Å². The molecule has 0 atom stereocenters. The first-order chi connectivity index (χ1) is 13.2. The van der Waals surface area contributed by atoms with Crippen molar-refractivity contribution in [3.63, 3.8) is 0 Å². The van der Waals surface area contributed by atoms with Crippen molar-refractivity contribution in [2.45, 2.75) is 9.79 Å². The van der Waals surface area contributed by atoms with Crippen molar-refractivity contribution in [2.24, 2.45) is 0 Å². The number of hydrogen-bond acceptors (Lipinski definition) is 10. The molecule has 0 bridgehead atoms. The Kier molecular flexibility index (Phi) is 6.19. The number of nitrogens with zero attached hydrogens (tertiary/aromatic N) is 2. The van der Waals surface area contributed by atoms with E-state index in [4.69, 9.17) is 0 Å². The van der Waals surface area contributed by atoms with E-state index >= 15 is 0 Å². The fraction of sp³-hybridized carbons (Fsp3) is 0. The molecule has 0 aliphatic carbocycles. The van der Waals surface area contributed by atoms with Gasteiger partial charge >= 0.3 is 0 Å². The van der Waals surface area contributed by atoms with Crippen LogP contribution >= 0.6 is 15.9 Å². The lowest BCUT2D eigenvalue weighted by atomic mass is 10.1. The third-order valence-corrected chi connectivity index (χ3v) is 5.89. The zero-order chi connectivity index (χ0) is 22.1. The summed E-state index contributed by atoms with van der Waals surface area (Å²) in [5, 5.41) is 21.6. The lowest BCUT2D eigenvalue weighted by molar-refractivity contribution is -0.385. The van der Waals surface area contributed by atoms with Crippen LogP contribution in [0.1, 0.15) is 11.1 Å². The van der Waals surface area contributed by atoms with Crippen LogP contribution in [0.4, 0.5) is 11.4 Å². The first-order valence-corrected chi connectivity index (χ1v) is 10.7. The summed E-state index contributed by atoms with van der Waals surface area (Å²) in [6.45, 7) is 0. The Morgan fingerprint density at radius 1 is 0.828 bits per heavy atom. The van der Waals surface area contributed by atoms with E-state index in [1.54, 1.807) is 0 Å². The van der Waals surface area contributed by atoms with E-state index in [9.17, 15) is 46.2 Å². The summed E-state index contributed by atoms with van der Waals surface area (Å²) >= 11 is 2.93. The van der Waals surface area contributed by atoms with Gasteiger partial charge in [-0.1, -0.05) is 15.9 Å². The average molecular weight is 507 g/mol. The summed E-state index contributed by atoms with van der Waals surface area (Å²) in [7, 11) is -10.3. The molecule has 0 aromatic heterocycles. The lowest BCUT2D eigenvalue weighted by Gasteiger charge is -2.14. The summed E-state index contributed by atoms with van der Waals surface area (Å²) in [6, 6.07) is 4.71. The van der Waals surface area contributed by atoms with Crippen LogP contribution < -0.4 is 0 Å². The topological polar surface area (TPSA) is 201 Å². The van der Waals surface area contributed by atoms with Gasteiger partial charge in [0.15, 0.2) is 0 Å². The summed E-state index contributed by atoms with van der Waals surface area (Å²) in [4.78, 5) is 17.9. The molecule has 0 radical (unpaired) electrons. The van der Waals surface area contributed by atoms with Gasteiger partial charge in [-0.2, -0.15) is 0 Å². The second-order valence-corrected chi connectivity index (χ2v) is 8.87. The lowest BCUT2D eigenvalue weighted by Crippen LogP contribution is -2.04. The molecule has 15 heteroatoms. The monoisotopic (exact) mass is 506 g/mol. The molecule has 0 unspecified atom stereocenters. The van der Waals surface area contributed by atoms with Crippen molar-refractivity contribution < 1.29 is 35.8 Å². The second-order valence-electron chi connectivity index (χ2n) is 5.32. The van der Waals surface area contributed by atoms with E-state index in [2.05, 4.69) is 15.9 Å². The van der Waals surface area contributed by atoms with Crippen molar-refractivity contribution in [2.75, 3.05) is 0 Å². The Balaban J connectivity index is 2.75. The van der Waals surface area contributed by atoms with E-state index in [0.717, 1.165) is 30.3 Å². The highest BCUT2D eigenvalue weighted by Crippen LogP contribution is 2.34. The maximum atomic E-state index is 11.5. The van der Waals surface area contributed by atoms with Crippen LogP contribution in [0.3, 0.4) is 0 Å². The maximum Gasteiger partial charge on any atom is 0.270 e. The molecule has 2 aromatic carbocycles. The first-order valence-electron chi connectivity index (χ1n) is 7.08. The molecule has 154 valence electrons. The standard InChI is InChI=1S/C14H9BrN2O10S2/c15-12(11-4-3-10(17(20)21)7-14(11)29(25,26)27)5-8-1-2-9(16(18)19)6-13(8)28(22,23)24/h1-7H,(H,22,23,24)(H,25,26,27)/p-2. The normalized spacial score (nSPS) is 12.6. The summed E-state index contributed by atoms with van der Waals surface area (Å²) in [6.07, 6.45) is 0.935. The number of benzene rings is 2. The maximum absolute atomic E-state index is 11.5. The van der Waals surface area contributed by atoms with Crippen molar-refractivity contribution in [1.82, 2.24) is 0 Å². The summed E-state index contributed by atoms with van der Waals surface area (Å²) < 4.78 is 68.6. The number of nitro groups is 2. The molecule has 0 aliphatic rings. The van der Waals surface area contributed by atoms with Gasteiger partial charge in [-0.3, -0.25) is 20.2 Å². The smallest absolute Gasteiger partial charge is 0.270 e. The molecule has 0 spiro atoms. The molecule has 2 aromatic rings. The van der Waals surface area contributed by atoms with Crippen LogP contribution in [0.2, 0.25) is 0 Å². The Bertz CT molecular complexity index is 1270. The zero-order valence-electron chi connectivity index (χ0n) is 13.7. The summed E-state index contributed by atoms with van der Waals surface area (Å²) in [5.74, 6) is 0. The molecular weight excluding hydrogens is 500 g/mol. The van der Waals surface area contributed by atoms with Crippen LogP contribution in [0, 0.1) is 20.2 Å². The Hall–Kier alpha value is -2.72. The quantitative estimate of drug-likeness (QED) is 0.241. The number of halogens is 1. The predicted octanol–water partition coefficient (Wildman–Crippen LogP) is 2.20. The number of non-ortho nitro benzene ring substituents is 2. The minimum atomic E-state index is -5.18. The fourth-order valence-electron chi connectivity index (χ4n) is 2.22. The van der Waals surface area contributed by atoms with E-state index in [1.165, 1.54) is 0 Å². The van der Waals surface area contributed by atoms with Gasteiger partial charge in [0.1, 0.15) is 20.2 Å². The molecule has 29 heavy (non-hydrogen) atoms. The Morgan fingerprint density at radius 2 is 1.28 bits per heavy atom. The van der Waals surface area contributed by atoms with Gasteiger partial charge in [0.2, 0.25) is 0 Å². The Morgan fingerprint density at radius 3 is 1.72 bits per heavy atom. The van der Waals surface area contributed by atoms with Crippen molar-refractivity contribution in [3.05, 3.63) is 67.8 Å². The third-order valence-electron chi connectivity index (χ3n) is 3.46. The minimum Gasteiger partial charge on any atom is -0.744 e. The molecular formula is C14H7BrN2O10S2-2. The molecule has 0 amide bonds. The molecule has 12 nitrogen and oxygen atoms in total. The largest absolute Gasteiger partial charge is 0.744 e. The Labute approximate surface area is 171 Å². The van der Waals surface area contributed by atoms with Gasteiger partial charge in [0.25, 0.3) is 11.4 Å². The SMILES string of the molecule is O=[N+]([O-])c1ccc(C=C(Br)c2ccc([N+](=O)[O-])cc2S(=O)(=O)[O-])c(S(=O)(=O)[O-])c1. The first kappa shape index (κ1) is 22.6. The van der Waals surface area contributed by atoms with Crippen LogP contribution in [0.25, 0.3) is 10.6 Å². The van der Waals surface area contributed by atoms with Gasteiger partial charge < -0.3 is 9.11 Å². The molecule has 0 fully saturated rings. The van der Waals surface area contributed by atoms with Crippen LogP contribution in [0.5, 0.6) is 0 Å². The number of nitro benzene ring substituents is 2. The zero-order valence-corrected chi connectivity index (χ0v) is 16.9. The van der Waals surface area contributed by atoms with Crippen molar-refractivity contribution in [3.8, 4) is 0 Å². The molecule has 0 heterocycles. The van der Waals surface area contributed by atoms with Crippen LogP contribution in [0.15, 0.2) is 46.2 Å². The average Bonchev–Trinajstić information content (AvgIpc) is 2.59. The van der Waals surface area contributed by atoms with Crippen molar-refractivity contribution >= 4 is 58.1 Å². The van der Waals surface area contributed by atoms with E-state index in [0.29, 0.717) is 12.1 Å². The van der Waals surface area contributed by atoms with E-state index in [-0.39, 0.29) is 15.6 Å². The van der Waals surface area contributed by atoms with Crippen molar-refractivity contribution in [1.29, 1.82) is 0 Å². The van der Waals surface area contributed by atoms with Gasteiger partial charge in [-0.05, 0) is 23.8 Å². The van der Waals surface area contributed by atoms with Crippen LogP contribution in [-0.2, 0) is 20.2 Å². The molecule has 0 aliphatic heterocycles. The second kappa shape index (κ2) is 7.96. The molecule has 0 saturated carbocycles. The summed E-state index contributed by atoms with van der Waals surface area (Å²) in [5.41, 5.74) is -2.05. The molecule has 0 saturated heterocycles. The van der Waals surface area contributed by atoms with Gasteiger partial charge in [-0.25, -0.2) is 16.8 Å².